The number of aromatic nitrogens is 1. The van der Waals surface area contributed by atoms with E-state index in [0.717, 1.165) is 10.9 Å². The Morgan fingerprint density at radius 1 is 0.875 bits per heavy atom. The Kier molecular flexibility index (Phi) is 10.2. The third-order valence-electron chi connectivity index (χ3n) is 6.19. The SMILES string of the molecule is NC(=O)CCC(NC(=O)C(Cc1c[nH]c2ccccc12)NC(=O)C(N)Cc1ccc(O)cc1)C(=O)NCC(=O)O. The first kappa shape index (κ1) is 29.6. The number of carbonyl (C=O) groups excluding carboxylic acids is 4. The quantitative estimate of drug-likeness (QED) is 0.129. The van der Waals surface area contributed by atoms with Crippen LogP contribution >= 0.6 is 0 Å². The Morgan fingerprint density at radius 2 is 1.55 bits per heavy atom. The number of hydrogen-bond donors (Lipinski definition) is 8. The molecule has 0 bridgehead atoms. The van der Waals surface area contributed by atoms with Gasteiger partial charge in [0.05, 0.1) is 6.04 Å². The van der Waals surface area contributed by atoms with E-state index in [0.29, 0.717) is 11.1 Å². The zero-order valence-electron chi connectivity index (χ0n) is 21.6. The molecule has 3 rings (SSSR count). The summed E-state index contributed by atoms with van der Waals surface area (Å²) in [6.07, 6.45) is 1.44. The summed E-state index contributed by atoms with van der Waals surface area (Å²) < 4.78 is 0. The lowest BCUT2D eigenvalue weighted by atomic mass is 10.0. The molecule has 0 aliphatic heterocycles. The van der Waals surface area contributed by atoms with Crippen molar-refractivity contribution in [2.24, 2.45) is 11.5 Å². The van der Waals surface area contributed by atoms with Gasteiger partial charge in [-0.3, -0.25) is 24.0 Å². The van der Waals surface area contributed by atoms with E-state index >= 15 is 0 Å². The van der Waals surface area contributed by atoms with Crippen LogP contribution in [-0.2, 0) is 36.8 Å². The van der Waals surface area contributed by atoms with Crippen molar-refractivity contribution >= 4 is 40.5 Å². The molecule has 0 spiro atoms. The second-order valence-electron chi connectivity index (χ2n) is 9.28. The molecule has 3 aromatic rings. The van der Waals surface area contributed by atoms with Gasteiger partial charge in [0.2, 0.25) is 23.6 Å². The lowest BCUT2D eigenvalue weighted by Crippen LogP contribution is -2.57. The van der Waals surface area contributed by atoms with Gasteiger partial charge >= 0.3 is 5.97 Å². The number of nitrogens with one attached hydrogen (secondary N) is 4. The number of para-hydroxylation sites is 1. The summed E-state index contributed by atoms with van der Waals surface area (Å²) in [5, 5.41) is 26.5. The summed E-state index contributed by atoms with van der Waals surface area (Å²) in [5.41, 5.74) is 13.5. The maximum Gasteiger partial charge on any atom is 0.322 e. The normalized spacial score (nSPS) is 13.1. The van der Waals surface area contributed by atoms with Crippen molar-refractivity contribution in [3.8, 4) is 5.75 Å². The number of rotatable bonds is 14. The molecule has 3 unspecified atom stereocenters. The fourth-order valence-electron chi connectivity index (χ4n) is 4.10. The van der Waals surface area contributed by atoms with Crippen LogP contribution in [0.5, 0.6) is 5.75 Å². The number of carboxylic acid groups (broad SMARTS) is 1. The summed E-state index contributed by atoms with van der Waals surface area (Å²) in [4.78, 5) is 64.4. The maximum atomic E-state index is 13.4. The molecule has 13 heteroatoms. The van der Waals surface area contributed by atoms with E-state index < -0.39 is 54.3 Å². The number of nitrogens with two attached hydrogens (primary N) is 2. The number of phenolic OH excluding ortho intramolecular Hbond substituents is 1. The summed E-state index contributed by atoms with van der Waals surface area (Å²) in [5.74, 6) is -4.13. The van der Waals surface area contributed by atoms with Crippen molar-refractivity contribution in [3.63, 3.8) is 0 Å². The van der Waals surface area contributed by atoms with Crippen molar-refractivity contribution in [1.29, 1.82) is 0 Å². The van der Waals surface area contributed by atoms with Crippen LogP contribution in [-0.4, -0.2) is 69.5 Å². The Bertz CT molecular complexity index is 1370. The maximum absolute atomic E-state index is 13.4. The van der Waals surface area contributed by atoms with Gasteiger partial charge in [-0.1, -0.05) is 30.3 Å². The van der Waals surface area contributed by atoms with Crippen LogP contribution < -0.4 is 27.4 Å². The smallest absolute Gasteiger partial charge is 0.322 e. The Hall–Kier alpha value is -4.91. The van der Waals surface area contributed by atoms with E-state index in [1.807, 2.05) is 24.3 Å². The number of phenols is 1. The van der Waals surface area contributed by atoms with E-state index in [1.54, 1.807) is 18.3 Å². The molecular weight excluding hydrogens is 520 g/mol. The molecule has 0 saturated carbocycles. The number of H-pyrrole nitrogens is 1. The minimum atomic E-state index is -1.29. The summed E-state index contributed by atoms with van der Waals surface area (Å²) in [7, 11) is 0. The Balaban J connectivity index is 1.81. The van der Waals surface area contributed by atoms with Gasteiger partial charge in [0.15, 0.2) is 0 Å². The summed E-state index contributed by atoms with van der Waals surface area (Å²) >= 11 is 0. The van der Waals surface area contributed by atoms with Gasteiger partial charge in [0.25, 0.3) is 0 Å². The number of aromatic hydroxyl groups is 1. The average molecular weight is 553 g/mol. The van der Waals surface area contributed by atoms with Crippen molar-refractivity contribution in [2.45, 2.75) is 43.8 Å². The fraction of sp³-hybridized carbons (Fsp3) is 0.296. The fourth-order valence-corrected chi connectivity index (χ4v) is 4.10. The predicted octanol–water partition coefficient (Wildman–Crippen LogP) is -0.578. The Labute approximate surface area is 229 Å². The van der Waals surface area contributed by atoms with Gasteiger partial charge in [-0.15, -0.1) is 0 Å². The van der Waals surface area contributed by atoms with Gasteiger partial charge in [-0.2, -0.15) is 0 Å². The number of fused-ring (bicyclic) bond motifs is 1. The molecule has 1 aromatic heterocycles. The number of benzene rings is 2. The second-order valence-corrected chi connectivity index (χ2v) is 9.28. The van der Waals surface area contributed by atoms with Gasteiger partial charge in [0.1, 0.15) is 24.4 Å². The van der Waals surface area contributed by atoms with Crippen molar-refractivity contribution in [3.05, 3.63) is 65.9 Å². The standard InChI is InChI=1S/C27H32N6O7/c28-19(11-15-5-7-17(34)8-6-15)25(38)33-22(12-16-13-30-20-4-2-1-3-18(16)20)27(40)32-21(9-10-23(29)35)26(39)31-14-24(36)37/h1-8,13,19,21-22,30,34H,9-12,14,28H2,(H2,29,35)(H,31,39)(H,32,40)(H,33,38)(H,36,37). The van der Waals surface area contributed by atoms with Crippen molar-refractivity contribution < 1.29 is 34.2 Å². The highest BCUT2D eigenvalue weighted by atomic mass is 16.4. The molecule has 0 aliphatic carbocycles. The molecule has 3 atom stereocenters. The van der Waals surface area contributed by atoms with E-state index in [9.17, 15) is 29.1 Å². The molecule has 13 nitrogen and oxygen atoms in total. The largest absolute Gasteiger partial charge is 0.508 e. The van der Waals surface area contributed by atoms with Gasteiger partial charge < -0.3 is 42.6 Å². The minimum absolute atomic E-state index is 0.0345. The van der Waals surface area contributed by atoms with Crippen LogP contribution in [0.2, 0.25) is 0 Å². The average Bonchev–Trinajstić information content (AvgIpc) is 3.32. The second kappa shape index (κ2) is 13.8. The number of hydrogen-bond acceptors (Lipinski definition) is 7. The van der Waals surface area contributed by atoms with E-state index in [-0.39, 0.29) is 31.4 Å². The number of carbonyl (C=O) groups is 5. The monoisotopic (exact) mass is 552 g/mol. The van der Waals surface area contributed by atoms with Crippen LogP contribution in [0.1, 0.15) is 24.0 Å². The highest BCUT2D eigenvalue weighted by molar-refractivity contribution is 5.94. The molecule has 40 heavy (non-hydrogen) atoms. The number of amides is 4. The minimum Gasteiger partial charge on any atom is -0.508 e. The topological polar surface area (TPSA) is 230 Å². The molecule has 212 valence electrons. The molecule has 10 N–H and O–H groups in total. The van der Waals surface area contributed by atoms with Gasteiger partial charge in [0, 0.05) is 29.9 Å². The van der Waals surface area contributed by atoms with Crippen LogP contribution in [0, 0.1) is 0 Å². The van der Waals surface area contributed by atoms with Gasteiger partial charge in [-0.05, 0) is 42.2 Å². The van der Waals surface area contributed by atoms with Crippen molar-refractivity contribution in [1.82, 2.24) is 20.9 Å². The van der Waals surface area contributed by atoms with Crippen molar-refractivity contribution in [2.75, 3.05) is 6.54 Å². The number of carboxylic acids is 1. The number of aliphatic carboxylic acids is 1. The summed E-state index contributed by atoms with van der Waals surface area (Å²) in [6, 6.07) is 10.1. The highest BCUT2D eigenvalue weighted by Gasteiger charge is 2.29. The molecule has 0 saturated heterocycles. The molecule has 2 aromatic carbocycles. The van der Waals surface area contributed by atoms with E-state index in [4.69, 9.17) is 16.6 Å². The molecular formula is C27H32N6O7. The first-order valence-corrected chi connectivity index (χ1v) is 12.5. The van der Waals surface area contributed by atoms with Crippen LogP contribution in [0.15, 0.2) is 54.7 Å². The van der Waals surface area contributed by atoms with Crippen LogP contribution in [0.25, 0.3) is 10.9 Å². The number of aromatic amines is 1. The molecule has 0 aliphatic rings. The molecule has 0 radical (unpaired) electrons. The van der Waals surface area contributed by atoms with E-state index in [1.165, 1.54) is 12.1 Å². The van der Waals surface area contributed by atoms with Crippen LogP contribution in [0.3, 0.4) is 0 Å². The lowest BCUT2D eigenvalue weighted by molar-refractivity contribution is -0.138. The molecule has 1 heterocycles. The Morgan fingerprint density at radius 3 is 2.23 bits per heavy atom. The zero-order chi connectivity index (χ0) is 29.2. The first-order chi connectivity index (χ1) is 19.0. The first-order valence-electron chi connectivity index (χ1n) is 12.5. The lowest BCUT2D eigenvalue weighted by Gasteiger charge is -2.24. The summed E-state index contributed by atoms with van der Waals surface area (Å²) in [6.45, 7) is -0.691. The van der Waals surface area contributed by atoms with Crippen LogP contribution in [0.4, 0.5) is 0 Å². The third kappa shape index (κ3) is 8.56. The predicted molar refractivity (Wildman–Crippen MR) is 145 cm³/mol. The zero-order valence-corrected chi connectivity index (χ0v) is 21.6. The highest BCUT2D eigenvalue weighted by Crippen LogP contribution is 2.19. The van der Waals surface area contributed by atoms with Gasteiger partial charge in [-0.25, -0.2) is 0 Å². The third-order valence-corrected chi connectivity index (χ3v) is 6.19. The molecule has 0 fully saturated rings. The molecule has 4 amide bonds. The van der Waals surface area contributed by atoms with E-state index in [2.05, 4.69) is 20.9 Å². The number of primary amides is 1.